The summed E-state index contributed by atoms with van der Waals surface area (Å²) in [6, 6.07) is 7.85. The molecule has 1 aromatic carbocycles. The molecule has 1 atom stereocenters. The largest absolute Gasteiger partial charge is 0.454 e. The summed E-state index contributed by atoms with van der Waals surface area (Å²) in [7, 11) is 0. The van der Waals surface area contributed by atoms with Gasteiger partial charge in [0, 0.05) is 54.3 Å². The molecule has 0 fully saturated rings. The molecule has 132 valence electrons. The molecule has 0 amide bonds. The number of benzene rings is 1. The SMILES string of the molecule is O=C1CCC2=C1C(c1ccncc1)c1cc3c(cc1N2CCO)OCO3. The Morgan fingerprint density at radius 3 is 2.69 bits per heavy atom. The van der Waals surface area contributed by atoms with Crippen molar-refractivity contribution in [3.63, 3.8) is 0 Å². The zero-order valence-electron chi connectivity index (χ0n) is 14.1. The molecule has 3 heterocycles. The second-order valence-electron chi connectivity index (χ2n) is 6.64. The third kappa shape index (κ3) is 2.15. The third-order valence-electron chi connectivity index (χ3n) is 5.30. The number of rotatable bonds is 3. The van der Waals surface area contributed by atoms with Crippen molar-refractivity contribution in [3.05, 3.63) is 59.1 Å². The Balaban J connectivity index is 1.77. The normalized spacial score (nSPS) is 20.4. The number of allylic oxidation sites excluding steroid dienone is 2. The number of aromatic nitrogens is 1. The highest BCUT2D eigenvalue weighted by molar-refractivity contribution is 6.03. The van der Waals surface area contributed by atoms with Crippen LogP contribution in [0.25, 0.3) is 0 Å². The molecule has 3 aliphatic rings. The molecule has 2 aliphatic heterocycles. The first-order valence-corrected chi connectivity index (χ1v) is 8.76. The van der Waals surface area contributed by atoms with Crippen LogP contribution in [0.5, 0.6) is 11.5 Å². The van der Waals surface area contributed by atoms with Crippen LogP contribution in [0.2, 0.25) is 0 Å². The number of carbonyl (C=O) groups is 1. The van der Waals surface area contributed by atoms with Crippen LogP contribution >= 0.6 is 0 Å². The zero-order valence-corrected chi connectivity index (χ0v) is 14.1. The van der Waals surface area contributed by atoms with E-state index in [9.17, 15) is 9.90 Å². The summed E-state index contributed by atoms with van der Waals surface area (Å²) in [5.74, 6) is 1.42. The Hall–Kier alpha value is -2.86. The maximum Gasteiger partial charge on any atom is 0.231 e. The first-order chi connectivity index (χ1) is 12.8. The number of ether oxygens (including phenoxy) is 2. The van der Waals surface area contributed by atoms with E-state index in [0.29, 0.717) is 30.9 Å². The molecule has 0 saturated heterocycles. The van der Waals surface area contributed by atoms with Crippen molar-refractivity contribution in [2.45, 2.75) is 18.8 Å². The number of ketones is 1. The third-order valence-corrected chi connectivity index (χ3v) is 5.30. The highest BCUT2D eigenvalue weighted by atomic mass is 16.7. The smallest absolute Gasteiger partial charge is 0.231 e. The van der Waals surface area contributed by atoms with Crippen LogP contribution < -0.4 is 14.4 Å². The van der Waals surface area contributed by atoms with E-state index >= 15 is 0 Å². The molecule has 2 aromatic rings. The summed E-state index contributed by atoms with van der Waals surface area (Å²) in [5.41, 5.74) is 4.85. The van der Waals surface area contributed by atoms with E-state index in [1.165, 1.54) is 0 Å². The Bertz CT molecular complexity index is 923. The Morgan fingerprint density at radius 1 is 1.15 bits per heavy atom. The number of hydrogen-bond acceptors (Lipinski definition) is 6. The van der Waals surface area contributed by atoms with Crippen LogP contribution in [-0.2, 0) is 4.79 Å². The number of Topliss-reactive ketones (excluding diaryl/α,β-unsaturated/α-hetero) is 1. The van der Waals surface area contributed by atoms with E-state index < -0.39 is 0 Å². The fourth-order valence-corrected chi connectivity index (χ4v) is 4.24. The van der Waals surface area contributed by atoms with Crippen molar-refractivity contribution >= 4 is 11.5 Å². The number of anilines is 1. The first-order valence-electron chi connectivity index (χ1n) is 8.76. The Labute approximate surface area is 150 Å². The predicted octanol–water partition coefficient (Wildman–Crippen LogP) is 2.37. The fourth-order valence-electron chi connectivity index (χ4n) is 4.24. The van der Waals surface area contributed by atoms with Gasteiger partial charge in [-0.05, 0) is 35.7 Å². The maximum atomic E-state index is 12.8. The van der Waals surface area contributed by atoms with E-state index in [4.69, 9.17) is 9.47 Å². The van der Waals surface area contributed by atoms with Crippen molar-refractivity contribution in [2.75, 3.05) is 24.8 Å². The minimum absolute atomic E-state index is 0.0127. The number of nitrogens with zero attached hydrogens (tertiary/aromatic N) is 2. The van der Waals surface area contributed by atoms with E-state index in [1.54, 1.807) is 12.4 Å². The molecule has 6 nitrogen and oxygen atoms in total. The summed E-state index contributed by atoms with van der Waals surface area (Å²) in [4.78, 5) is 18.9. The summed E-state index contributed by atoms with van der Waals surface area (Å²) >= 11 is 0. The zero-order chi connectivity index (χ0) is 17.7. The average molecular weight is 350 g/mol. The number of hydrogen-bond donors (Lipinski definition) is 1. The van der Waals surface area contributed by atoms with Crippen LogP contribution in [-0.4, -0.2) is 35.8 Å². The van der Waals surface area contributed by atoms with Gasteiger partial charge in [-0.2, -0.15) is 0 Å². The van der Waals surface area contributed by atoms with Crippen molar-refractivity contribution < 1.29 is 19.4 Å². The lowest BCUT2D eigenvalue weighted by Crippen LogP contribution is -2.32. The molecule has 1 aliphatic carbocycles. The second-order valence-corrected chi connectivity index (χ2v) is 6.64. The molecule has 1 N–H and O–H groups in total. The molecule has 1 aromatic heterocycles. The minimum atomic E-state index is -0.151. The fraction of sp³-hybridized carbons (Fsp3) is 0.300. The van der Waals surface area contributed by atoms with Gasteiger partial charge in [0.1, 0.15) is 0 Å². The van der Waals surface area contributed by atoms with E-state index in [1.807, 2.05) is 24.3 Å². The van der Waals surface area contributed by atoms with Gasteiger partial charge in [0.05, 0.1) is 6.61 Å². The summed E-state index contributed by atoms with van der Waals surface area (Å²) < 4.78 is 11.1. The molecule has 1 unspecified atom stereocenters. The molecule has 0 radical (unpaired) electrons. The van der Waals surface area contributed by atoms with Gasteiger partial charge in [0.25, 0.3) is 0 Å². The van der Waals surface area contributed by atoms with Crippen LogP contribution in [0, 0.1) is 0 Å². The lowest BCUT2D eigenvalue weighted by molar-refractivity contribution is -0.115. The maximum absolute atomic E-state index is 12.8. The van der Waals surface area contributed by atoms with Crippen LogP contribution in [0.4, 0.5) is 5.69 Å². The lowest BCUT2D eigenvalue weighted by atomic mass is 9.80. The molecule has 0 spiro atoms. The van der Waals surface area contributed by atoms with Gasteiger partial charge in [-0.25, -0.2) is 0 Å². The van der Waals surface area contributed by atoms with Crippen molar-refractivity contribution in [1.82, 2.24) is 4.98 Å². The highest BCUT2D eigenvalue weighted by Gasteiger charge is 2.41. The number of β-amino-alcohol motifs (C(OH)–C–C–N with tert-alkyl or cyclic N) is 1. The standard InChI is InChI=1S/C20H18N2O4/c23-8-7-22-14-1-2-16(24)20(14)19(12-3-5-21-6-4-12)13-9-17-18(10-15(13)22)26-11-25-17/h3-6,9-10,19,23H,1-2,7-8,11H2. The van der Waals surface area contributed by atoms with Crippen molar-refractivity contribution in [1.29, 1.82) is 0 Å². The number of aliphatic hydroxyl groups excluding tert-OH is 1. The van der Waals surface area contributed by atoms with Gasteiger partial charge in [0.2, 0.25) is 6.79 Å². The van der Waals surface area contributed by atoms with E-state index in [-0.39, 0.29) is 25.1 Å². The van der Waals surface area contributed by atoms with Crippen LogP contribution in [0.3, 0.4) is 0 Å². The summed E-state index contributed by atoms with van der Waals surface area (Å²) in [6.07, 6.45) is 4.71. The Kier molecular flexibility index (Phi) is 3.46. The molecule has 5 rings (SSSR count). The number of aliphatic hydroxyl groups is 1. The minimum Gasteiger partial charge on any atom is -0.454 e. The van der Waals surface area contributed by atoms with Crippen molar-refractivity contribution in [3.8, 4) is 11.5 Å². The van der Waals surface area contributed by atoms with Gasteiger partial charge in [-0.15, -0.1) is 0 Å². The van der Waals surface area contributed by atoms with Gasteiger partial charge >= 0.3 is 0 Å². The predicted molar refractivity (Wildman–Crippen MR) is 94.3 cm³/mol. The molecule has 0 saturated carbocycles. The number of carbonyl (C=O) groups excluding carboxylic acids is 1. The number of fused-ring (bicyclic) bond motifs is 2. The van der Waals surface area contributed by atoms with E-state index in [2.05, 4.69) is 9.88 Å². The molecule has 0 bridgehead atoms. The average Bonchev–Trinajstić information content (AvgIpc) is 3.28. The molecule has 6 heteroatoms. The molecular weight excluding hydrogens is 332 g/mol. The van der Waals surface area contributed by atoms with Crippen LogP contribution in [0.1, 0.15) is 29.9 Å². The monoisotopic (exact) mass is 350 g/mol. The molecule has 26 heavy (non-hydrogen) atoms. The second kappa shape index (κ2) is 5.85. The van der Waals surface area contributed by atoms with Gasteiger partial charge in [0.15, 0.2) is 17.3 Å². The highest BCUT2D eigenvalue weighted by Crippen LogP contribution is 2.52. The van der Waals surface area contributed by atoms with E-state index in [0.717, 1.165) is 28.1 Å². The van der Waals surface area contributed by atoms with Gasteiger partial charge in [-0.1, -0.05) is 0 Å². The quantitative estimate of drug-likeness (QED) is 0.916. The Morgan fingerprint density at radius 2 is 1.92 bits per heavy atom. The lowest BCUT2D eigenvalue weighted by Gasteiger charge is -2.37. The summed E-state index contributed by atoms with van der Waals surface area (Å²) in [6.45, 7) is 0.658. The van der Waals surface area contributed by atoms with Crippen LogP contribution in [0.15, 0.2) is 47.9 Å². The number of pyridine rings is 1. The van der Waals surface area contributed by atoms with Crippen molar-refractivity contribution in [2.24, 2.45) is 0 Å². The topological polar surface area (TPSA) is 71.9 Å². The van der Waals surface area contributed by atoms with Gasteiger partial charge < -0.3 is 19.5 Å². The van der Waals surface area contributed by atoms with Gasteiger partial charge in [-0.3, -0.25) is 9.78 Å². The first kappa shape index (κ1) is 15.4. The summed E-state index contributed by atoms with van der Waals surface area (Å²) in [5, 5.41) is 9.59. The molecular formula is C20H18N2O4.